The van der Waals surface area contributed by atoms with Crippen molar-refractivity contribution >= 4 is 5.91 Å². The number of hydrogen-bond acceptors (Lipinski definition) is 2. The molecule has 2 N–H and O–H groups in total. The number of hydrogen-bond donors (Lipinski definition) is 2. The van der Waals surface area contributed by atoms with Crippen LogP contribution in [0.25, 0.3) is 0 Å². The van der Waals surface area contributed by atoms with E-state index >= 15 is 0 Å². The van der Waals surface area contributed by atoms with E-state index in [1.54, 1.807) is 6.92 Å². The van der Waals surface area contributed by atoms with Crippen LogP contribution in [0.15, 0.2) is 11.1 Å². The molecular formula is C10H17NO2. The molecule has 74 valence electrons. The van der Waals surface area contributed by atoms with Crippen LogP contribution in [-0.2, 0) is 4.79 Å². The lowest BCUT2D eigenvalue weighted by molar-refractivity contribution is -0.118. The van der Waals surface area contributed by atoms with Crippen LogP contribution >= 0.6 is 0 Å². The highest BCUT2D eigenvalue weighted by Gasteiger charge is 2.17. The quantitative estimate of drug-likeness (QED) is 0.685. The van der Waals surface area contributed by atoms with Gasteiger partial charge in [-0.25, -0.2) is 0 Å². The van der Waals surface area contributed by atoms with E-state index in [0.717, 1.165) is 24.8 Å². The Morgan fingerprint density at radius 1 is 1.62 bits per heavy atom. The molecule has 0 radical (unpaired) electrons. The molecule has 3 heteroatoms. The molecule has 0 fully saturated rings. The molecule has 0 aliphatic heterocycles. The highest BCUT2D eigenvalue weighted by atomic mass is 16.3. The molecule has 1 rings (SSSR count). The Kier molecular flexibility index (Phi) is 3.48. The molecule has 0 heterocycles. The minimum atomic E-state index is -0.466. The summed E-state index contributed by atoms with van der Waals surface area (Å²) in [6.07, 6.45) is 2.55. The minimum Gasteiger partial charge on any atom is -0.392 e. The molecule has 0 unspecified atom stereocenters. The van der Waals surface area contributed by atoms with E-state index in [4.69, 9.17) is 5.11 Å². The van der Waals surface area contributed by atoms with Crippen molar-refractivity contribution in [2.24, 2.45) is 0 Å². The molecule has 0 bridgehead atoms. The summed E-state index contributed by atoms with van der Waals surface area (Å²) in [6.45, 7) is 4.01. The van der Waals surface area contributed by atoms with E-state index in [1.807, 2.05) is 6.92 Å². The monoisotopic (exact) mass is 183 g/mol. The molecule has 1 amide bonds. The summed E-state index contributed by atoms with van der Waals surface area (Å²) in [5.74, 6) is -0.00380. The Labute approximate surface area is 78.8 Å². The summed E-state index contributed by atoms with van der Waals surface area (Å²) < 4.78 is 0. The topological polar surface area (TPSA) is 49.3 Å². The van der Waals surface area contributed by atoms with E-state index in [-0.39, 0.29) is 5.91 Å². The molecule has 3 nitrogen and oxygen atoms in total. The van der Waals surface area contributed by atoms with Crippen LogP contribution in [0.1, 0.15) is 33.1 Å². The van der Waals surface area contributed by atoms with E-state index in [2.05, 4.69) is 5.32 Å². The van der Waals surface area contributed by atoms with E-state index < -0.39 is 6.10 Å². The summed E-state index contributed by atoms with van der Waals surface area (Å²) in [7, 11) is 0. The summed E-state index contributed by atoms with van der Waals surface area (Å²) >= 11 is 0. The number of carbonyl (C=O) groups is 1. The molecule has 0 aromatic heterocycles. The number of aliphatic hydroxyl groups is 1. The molecule has 0 aromatic rings. The molecule has 1 aliphatic carbocycles. The summed E-state index contributed by atoms with van der Waals surface area (Å²) in [6, 6.07) is 0. The number of nitrogens with one attached hydrogen (secondary N) is 1. The molecule has 0 saturated carbocycles. The second-order valence-electron chi connectivity index (χ2n) is 3.67. The standard InChI is InChI=1S/C10H17NO2/c1-7-4-3-5-9(7)10(13)11-6-8(2)12/h8,12H,3-6H2,1-2H3,(H,11,13)/t8-/m0/s1. The molecular weight excluding hydrogens is 166 g/mol. The maximum Gasteiger partial charge on any atom is 0.247 e. The number of amides is 1. The third-order valence-corrected chi connectivity index (χ3v) is 2.33. The van der Waals surface area contributed by atoms with Gasteiger partial charge in [-0.2, -0.15) is 0 Å². The number of allylic oxidation sites excluding steroid dienone is 1. The Morgan fingerprint density at radius 2 is 2.31 bits per heavy atom. The summed E-state index contributed by atoms with van der Waals surface area (Å²) in [5.41, 5.74) is 2.11. The normalized spacial score (nSPS) is 19.0. The zero-order chi connectivity index (χ0) is 9.84. The van der Waals surface area contributed by atoms with Crippen LogP contribution in [0.2, 0.25) is 0 Å². The highest BCUT2D eigenvalue weighted by molar-refractivity contribution is 5.94. The van der Waals surface area contributed by atoms with Gasteiger partial charge in [0.15, 0.2) is 0 Å². The Balaban J connectivity index is 2.44. The van der Waals surface area contributed by atoms with Gasteiger partial charge in [0, 0.05) is 12.1 Å². The second-order valence-corrected chi connectivity index (χ2v) is 3.67. The average Bonchev–Trinajstić information content (AvgIpc) is 2.47. The lowest BCUT2D eigenvalue weighted by Gasteiger charge is -2.08. The lowest BCUT2D eigenvalue weighted by atomic mass is 10.1. The summed E-state index contributed by atoms with van der Waals surface area (Å²) in [4.78, 5) is 11.5. The fourth-order valence-electron chi connectivity index (χ4n) is 1.55. The first-order valence-corrected chi connectivity index (χ1v) is 4.76. The van der Waals surface area contributed by atoms with Gasteiger partial charge in [-0.3, -0.25) is 4.79 Å². The van der Waals surface area contributed by atoms with Crippen molar-refractivity contribution in [1.82, 2.24) is 5.32 Å². The van der Waals surface area contributed by atoms with Crippen LogP contribution in [0.3, 0.4) is 0 Å². The van der Waals surface area contributed by atoms with Crippen molar-refractivity contribution in [3.8, 4) is 0 Å². The van der Waals surface area contributed by atoms with Crippen molar-refractivity contribution < 1.29 is 9.90 Å². The van der Waals surface area contributed by atoms with Crippen molar-refractivity contribution in [2.45, 2.75) is 39.2 Å². The predicted molar refractivity (Wildman–Crippen MR) is 51.2 cm³/mol. The van der Waals surface area contributed by atoms with Gasteiger partial charge in [-0.05, 0) is 33.1 Å². The molecule has 0 spiro atoms. The lowest BCUT2D eigenvalue weighted by Crippen LogP contribution is -2.31. The fourth-order valence-corrected chi connectivity index (χ4v) is 1.55. The van der Waals surface area contributed by atoms with Crippen LogP contribution in [0, 0.1) is 0 Å². The zero-order valence-electron chi connectivity index (χ0n) is 8.26. The first kappa shape index (κ1) is 10.3. The van der Waals surface area contributed by atoms with Gasteiger partial charge in [0.25, 0.3) is 0 Å². The second kappa shape index (κ2) is 4.42. The third-order valence-electron chi connectivity index (χ3n) is 2.33. The number of rotatable bonds is 3. The van der Waals surface area contributed by atoms with Gasteiger partial charge >= 0.3 is 0 Å². The van der Waals surface area contributed by atoms with Crippen molar-refractivity contribution in [2.75, 3.05) is 6.54 Å². The first-order chi connectivity index (χ1) is 6.11. The first-order valence-electron chi connectivity index (χ1n) is 4.76. The predicted octanol–water partition coefficient (Wildman–Crippen LogP) is 0.984. The van der Waals surface area contributed by atoms with Crippen LogP contribution in [-0.4, -0.2) is 23.7 Å². The van der Waals surface area contributed by atoms with Crippen LogP contribution in [0.5, 0.6) is 0 Å². The van der Waals surface area contributed by atoms with Gasteiger partial charge < -0.3 is 10.4 Å². The van der Waals surface area contributed by atoms with Crippen LogP contribution < -0.4 is 5.32 Å². The van der Waals surface area contributed by atoms with E-state index in [0.29, 0.717) is 6.54 Å². The third kappa shape index (κ3) is 2.84. The number of carbonyl (C=O) groups excluding carboxylic acids is 1. The van der Waals surface area contributed by atoms with E-state index in [9.17, 15) is 4.79 Å². The van der Waals surface area contributed by atoms with Crippen molar-refractivity contribution in [3.05, 3.63) is 11.1 Å². The molecule has 13 heavy (non-hydrogen) atoms. The van der Waals surface area contributed by atoms with Crippen LogP contribution in [0.4, 0.5) is 0 Å². The number of aliphatic hydroxyl groups excluding tert-OH is 1. The maximum absolute atomic E-state index is 11.5. The Bertz CT molecular complexity index is 231. The van der Waals surface area contributed by atoms with Crippen molar-refractivity contribution in [1.29, 1.82) is 0 Å². The van der Waals surface area contributed by atoms with Gasteiger partial charge in [-0.15, -0.1) is 0 Å². The molecule has 0 saturated heterocycles. The SMILES string of the molecule is CC1=C(C(=O)NC[C@H](C)O)CCC1. The van der Waals surface area contributed by atoms with E-state index in [1.165, 1.54) is 5.57 Å². The zero-order valence-corrected chi connectivity index (χ0v) is 8.26. The smallest absolute Gasteiger partial charge is 0.247 e. The fraction of sp³-hybridized carbons (Fsp3) is 0.700. The maximum atomic E-state index is 11.5. The highest BCUT2D eigenvalue weighted by Crippen LogP contribution is 2.25. The van der Waals surface area contributed by atoms with Gasteiger partial charge in [0.05, 0.1) is 6.10 Å². The minimum absolute atomic E-state index is 0.00380. The Hall–Kier alpha value is -0.830. The van der Waals surface area contributed by atoms with Gasteiger partial charge in [-0.1, -0.05) is 5.57 Å². The largest absolute Gasteiger partial charge is 0.392 e. The van der Waals surface area contributed by atoms with Gasteiger partial charge in [0.1, 0.15) is 0 Å². The molecule has 1 aliphatic rings. The average molecular weight is 183 g/mol. The summed E-state index contributed by atoms with van der Waals surface area (Å²) in [5, 5.41) is 11.7. The molecule has 1 atom stereocenters. The molecule has 0 aromatic carbocycles. The van der Waals surface area contributed by atoms with Gasteiger partial charge in [0.2, 0.25) is 5.91 Å². The van der Waals surface area contributed by atoms with Crippen molar-refractivity contribution in [3.63, 3.8) is 0 Å². The Morgan fingerprint density at radius 3 is 2.77 bits per heavy atom.